The van der Waals surface area contributed by atoms with Gasteiger partial charge in [0.1, 0.15) is 6.04 Å². The molecule has 5 nitrogen and oxygen atoms in total. The Bertz CT molecular complexity index is 491. The van der Waals surface area contributed by atoms with Gasteiger partial charge in [0.15, 0.2) is 0 Å². The molecule has 116 valence electrons. The maximum absolute atomic E-state index is 12.7. The van der Waals surface area contributed by atoms with Gasteiger partial charge in [-0.15, -0.1) is 0 Å². The topological polar surface area (TPSA) is 74.7 Å². The van der Waals surface area contributed by atoms with Crippen molar-refractivity contribution in [3.8, 4) is 0 Å². The van der Waals surface area contributed by atoms with Gasteiger partial charge in [-0.1, -0.05) is 45.7 Å². The predicted octanol–water partition coefficient (Wildman–Crippen LogP) is 1.87. The van der Waals surface area contributed by atoms with Gasteiger partial charge in [0.2, 0.25) is 11.8 Å². The van der Waals surface area contributed by atoms with Crippen molar-refractivity contribution in [1.82, 2.24) is 4.90 Å². The normalized spacial score (nSPS) is 42.8. The molecule has 2 bridgehead atoms. The first-order chi connectivity index (χ1) is 9.77. The van der Waals surface area contributed by atoms with Crippen LogP contribution in [0.2, 0.25) is 0 Å². The van der Waals surface area contributed by atoms with Crippen molar-refractivity contribution in [1.29, 1.82) is 0 Å². The Kier molecular flexibility index (Phi) is 3.72. The first-order valence-electron chi connectivity index (χ1n) is 7.15. The molecule has 1 N–H and O–H groups in total. The summed E-state index contributed by atoms with van der Waals surface area (Å²) in [6, 6.07) is -1.06. The second-order valence-electron chi connectivity index (χ2n) is 6.58. The van der Waals surface area contributed by atoms with Gasteiger partial charge >= 0.3 is 5.97 Å². The Labute approximate surface area is 139 Å². The van der Waals surface area contributed by atoms with Gasteiger partial charge in [0.25, 0.3) is 0 Å². The van der Waals surface area contributed by atoms with Crippen LogP contribution < -0.4 is 0 Å². The smallest absolute Gasteiger partial charge is 0.327 e. The number of carboxylic acid groups (broad SMARTS) is 1. The maximum atomic E-state index is 12.7. The molecule has 3 fully saturated rings. The molecule has 0 spiro atoms. The number of imide groups is 1. The van der Waals surface area contributed by atoms with E-state index in [2.05, 4.69) is 31.9 Å². The molecule has 1 saturated heterocycles. The fourth-order valence-corrected chi connectivity index (χ4v) is 6.21. The summed E-state index contributed by atoms with van der Waals surface area (Å²) in [5.41, 5.74) is 0. The fourth-order valence-electron chi connectivity index (χ4n) is 4.34. The number of fused-ring (bicyclic) bond motifs is 5. The average Bonchev–Trinajstić information content (AvgIpc) is 2.98. The Morgan fingerprint density at radius 1 is 1.14 bits per heavy atom. The summed E-state index contributed by atoms with van der Waals surface area (Å²) in [7, 11) is 0. The molecule has 21 heavy (non-hydrogen) atoms. The van der Waals surface area contributed by atoms with Crippen LogP contribution >= 0.6 is 31.9 Å². The Balaban J connectivity index is 1.96. The molecule has 7 heteroatoms. The van der Waals surface area contributed by atoms with Gasteiger partial charge in [-0.05, 0) is 24.2 Å². The van der Waals surface area contributed by atoms with Crippen molar-refractivity contribution in [2.75, 3.05) is 0 Å². The Morgan fingerprint density at radius 2 is 1.57 bits per heavy atom. The first-order valence-corrected chi connectivity index (χ1v) is 8.98. The van der Waals surface area contributed by atoms with Gasteiger partial charge in [-0.25, -0.2) is 4.79 Å². The molecule has 2 aliphatic carbocycles. The Hall–Kier alpha value is -0.430. The zero-order chi connectivity index (χ0) is 15.6. The highest BCUT2D eigenvalue weighted by Gasteiger charge is 2.67. The van der Waals surface area contributed by atoms with E-state index in [1.807, 2.05) is 0 Å². The summed E-state index contributed by atoms with van der Waals surface area (Å²) >= 11 is 7.23. The van der Waals surface area contributed by atoms with Crippen molar-refractivity contribution in [3.05, 3.63) is 0 Å². The zero-order valence-corrected chi connectivity index (χ0v) is 14.9. The van der Waals surface area contributed by atoms with E-state index in [4.69, 9.17) is 0 Å². The van der Waals surface area contributed by atoms with Crippen LogP contribution in [0.15, 0.2) is 0 Å². The molecule has 0 radical (unpaired) electrons. The number of carbonyl (C=O) groups excluding carboxylic acids is 2. The molecule has 0 aromatic rings. The van der Waals surface area contributed by atoms with Crippen LogP contribution in [0, 0.1) is 29.6 Å². The summed E-state index contributed by atoms with van der Waals surface area (Å²) in [6.07, 6.45) is 0.853. The zero-order valence-electron chi connectivity index (χ0n) is 11.7. The lowest BCUT2D eigenvalue weighted by molar-refractivity contribution is -0.157. The molecule has 3 aliphatic rings. The van der Waals surface area contributed by atoms with Gasteiger partial charge in [-0.3, -0.25) is 14.5 Å². The number of amides is 2. The second-order valence-corrected chi connectivity index (χ2v) is 8.69. The quantitative estimate of drug-likeness (QED) is 0.556. The molecular formula is C14H17Br2NO4. The standard InChI is InChI=1S/C14H17Br2NO4/c1-4(2)11(14(20)21)17-12(18)7-5-3-6(8(7)13(17)19)10(16)9(5)15/h4-11H,3H2,1-2H3,(H,20,21)/t5-,6-,7-,8-,9-,10+,11+/m0/s1. The summed E-state index contributed by atoms with van der Waals surface area (Å²) in [5, 5.41) is 9.39. The van der Waals surface area contributed by atoms with Crippen LogP contribution in [0.5, 0.6) is 0 Å². The maximum Gasteiger partial charge on any atom is 0.327 e. The van der Waals surface area contributed by atoms with Gasteiger partial charge in [-0.2, -0.15) is 0 Å². The molecular weight excluding hydrogens is 406 g/mol. The Morgan fingerprint density at radius 3 is 1.90 bits per heavy atom. The van der Waals surface area contributed by atoms with Gasteiger partial charge in [0, 0.05) is 9.65 Å². The third-order valence-electron chi connectivity index (χ3n) is 5.18. The number of carbonyl (C=O) groups is 3. The third-order valence-corrected chi connectivity index (χ3v) is 8.39. The van der Waals surface area contributed by atoms with E-state index >= 15 is 0 Å². The third kappa shape index (κ3) is 1.96. The number of likely N-dealkylation sites (tertiary alicyclic amines) is 1. The number of hydrogen-bond donors (Lipinski definition) is 1. The number of carboxylic acids is 1. The van der Waals surface area contributed by atoms with Crippen molar-refractivity contribution in [2.24, 2.45) is 29.6 Å². The summed E-state index contributed by atoms with van der Waals surface area (Å²) in [5.74, 6) is -2.44. The number of halogens is 2. The highest BCUT2D eigenvalue weighted by Crippen LogP contribution is 2.60. The van der Waals surface area contributed by atoms with Crippen LogP contribution in [0.1, 0.15) is 20.3 Å². The largest absolute Gasteiger partial charge is 0.480 e. The highest BCUT2D eigenvalue weighted by molar-refractivity contribution is 9.12. The average molecular weight is 423 g/mol. The van der Waals surface area contributed by atoms with Crippen molar-refractivity contribution in [2.45, 2.75) is 36.0 Å². The van der Waals surface area contributed by atoms with Gasteiger partial charge in [0.05, 0.1) is 11.8 Å². The van der Waals surface area contributed by atoms with Crippen molar-refractivity contribution in [3.63, 3.8) is 0 Å². The first kappa shape index (κ1) is 15.5. The van der Waals surface area contributed by atoms with Crippen molar-refractivity contribution < 1.29 is 19.5 Å². The molecule has 2 saturated carbocycles. The molecule has 1 aliphatic heterocycles. The molecule has 1 heterocycles. The summed E-state index contributed by atoms with van der Waals surface area (Å²) < 4.78 is 0. The minimum Gasteiger partial charge on any atom is -0.480 e. The van der Waals surface area contributed by atoms with E-state index < -0.39 is 12.0 Å². The minimum absolute atomic E-state index is 0.118. The minimum atomic E-state index is -1.11. The lowest BCUT2D eigenvalue weighted by atomic mass is 9.81. The lowest BCUT2D eigenvalue weighted by Crippen LogP contribution is -2.49. The van der Waals surface area contributed by atoms with Crippen molar-refractivity contribution >= 4 is 49.6 Å². The molecule has 0 aromatic carbocycles. The number of nitrogens with zero attached hydrogens (tertiary/aromatic N) is 1. The number of rotatable bonds is 3. The monoisotopic (exact) mass is 421 g/mol. The highest BCUT2D eigenvalue weighted by atomic mass is 79.9. The predicted molar refractivity (Wildman–Crippen MR) is 82.1 cm³/mol. The molecule has 3 rings (SSSR count). The van der Waals surface area contributed by atoms with E-state index in [1.54, 1.807) is 13.8 Å². The number of aliphatic carboxylic acids is 1. The van der Waals surface area contributed by atoms with Crippen LogP contribution in [0.25, 0.3) is 0 Å². The van der Waals surface area contributed by atoms with Crippen LogP contribution in [0.4, 0.5) is 0 Å². The molecule has 0 aromatic heterocycles. The SMILES string of the molecule is CC(C)[C@H](C(=O)O)N1C(=O)[C@H]2[C@@H]3C[C@H]([C@@H](Br)[C@H]3Br)[C@@H]2C1=O. The fraction of sp³-hybridized carbons (Fsp3) is 0.786. The number of alkyl halides is 2. The molecule has 0 unspecified atom stereocenters. The van der Waals surface area contributed by atoms with E-state index in [0.29, 0.717) is 0 Å². The van der Waals surface area contributed by atoms with Crippen LogP contribution in [-0.2, 0) is 14.4 Å². The van der Waals surface area contributed by atoms with E-state index in [-0.39, 0.29) is 51.1 Å². The molecule has 7 atom stereocenters. The summed E-state index contributed by atoms with van der Waals surface area (Å²) in [6.45, 7) is 3.45. The van der Waals surface area contributed by atoms with E-state index in [1.165, 1.54) is 0 Å². The van der Waals surface area contributed by atoms with Crippen LogP contribution in [0.3, 0.4) is 0 Å². The van der Waals surface area contributed by atoms with Gasteiger partial charge < -0.3 is 5.11 Å². The van der Waals surface area contributed by atoms with Crippen LogP contribution in [-0.4, -0.2) is 43.5 Å². The van der Waals surface area contributed by atoms with E-state index in [9.17, 15) is 19.5 Å². The molecule has 2 amide bonds. The summed E-state index contributed by atoms with van der Waals surface area (Å²) in [4.78, 5) is 38.2. The second kappa shape index (κ2) is 5.05. The van der Waals surface area contributed by atoms with E-state index in [0.717, 1.165) is 11.3 Å². The number of hydrogen-bond acceptors (Lipinski definition) is 3. The lowest BCUT2D eigenvalue weighted by Gasteiger charge is -2.28.